The van der Waals surface area contributed by atoms with Crippen LogP contribution >= 0.6 is 24.2 Å². The van der Waals surface area contributed by atoms with E-state index in [0.29, 0.717) is 0 Å². The normalized spacial score (nSPS) is 12.1. The number of hydrogen-bond donors (Lipinski definition) is 1. The molecule has 1 heterocycles. The van der Waals surface area contributed by atoms with Gasteiger partial charge in [0.25, 0.3) is 0 Å². The highest BCUT2D eigenvalue weighted by atomic mass is 35.5. The molecule has 98 valence electrons. The monoisotopic (exact) mass is 274 g/mol. The molecule has 0 saturated carbocycles. The lowest BCUT2D eigenvalue weighted by atomic mass is 9.81. The summed E-state index contributed by atoms with van der Waals surface area (Å²) in [4.78, 5) is 0. The standard InChI is InChI=1S/C13H23ClN2S/c1-4-6-13(10-17,7-5-2)9-16-8-12(14)11(3)15-16/h8,17H,4-7,9-10H2,1-3H3. The maximum absolute atomic E-state index is 6.05. The van der Waals surface area contributed by atoms with Crippen LogP contribution in [0.2, 0.25) is 5.02 Å². The van der Waals surface area contributed by atoms with E-state index in [4.69, 9.17) is 11.6 Å². The third kappa shape index (κ3) is 3.92. The number of aryl methyl sites for hydroxylation is 1. The van der Waals surface area contributed by atoms with Gasteiger partial charge in [0.1, 0.15) is 0 Å². The molecular formula is C13H23ClN2S. The fraction of sp³-hybridized carbons (Fsp3) is 0.769. The minimum Gasteiger partial charge on any atom is -0.270 e. The molecule has 0 aliphatic heterocycles. The first-order valence-corrected chi connectivity index (χ1v) is 7.38. The third-order valence-electron chi connectivity index (χ3n) is 3.28. The Morgan fingerprint density at radius 1 is 1.35 bits per heavy atom. The quantitative estimate of drug-likeness (QED) is 0.732. The van der Waals surface area contributed by atoms with Gasteiger partial charge in [0.15, 0.2) is 0 Å². The topological polar surface area (TPSA) is 17.8 Å². The molecule has 0 aromatic carbocycles. The van der Waals surface area contributed by atoms with E-state index in [0.717, 1.165) is 23.0 Å². The molecule has 0 N–H and O–H groups in total. The molecule has 0 atom stereocenters. The van der Waals surface area contributed by atoms with E-state index in [1.807, 2.05) is 17.8 Å². The van der Waals surface area contributed by atoms with Crippen LogP contribution < -0.4 is 0 Å². The van der Waals surface area contributed by atoms with Crippen LogP contribution in [0.1, 0.15) is 45.2 Å². The number of hydrogen-bond acceptors (Lipinski definition) is 2. The van der Waals surface area contributed by atoms with Crippen molar-refractivity contribution in [3.63, 3.8) is 0 Å². The summed E-state index contributed by atoms with van der Waals surface area (Å²) >= 11 is 10.6. The van der Waals surface area contributed by atoms with Crippen LogP contribution in [0, 0.1) is 12.3 Å². The van der Waals surface area contributed by atoms with Gasteiger partial charge >= 0.3 is 0 Å². The van der Waals surface area contributed by atoms with Crippen molar-refractivity contribution in [3.05, 3.63) is 16.9 Å². The summed E-state index contributed by atoms with van der Waals surface area (Å²) in [5, 5.41) is 5.21. The summed E-state index contributed by atoms with van der Waals surface area (Å²) in [6, 6.07) is 0. The van der Waals surface area contributed by atoms with Gasteiger partial charge in [-0.1, -0.05) is 38.3 Å². The largest absolute Gasteiger partial charge is 0.270 e. The molecule has 4 heteroatoms. The first kappa shape index (κ1) is 14.9. The number of rotatable bonds is 7. The Morgan fingerprint density at radius 3 is 2.29 bits per heavy atom. The van der Waals surface area contributed by atoms with E-state index < -0.39 is 0 Å². The number of thiol groups is 1. The van der Waals surface area contributed by atoms with Crippen molar-refractivity contribution in [2.45, 2.75) is 53.0 Å². The summed E-state index contributed by atoms with van der Waals surface area (Å²) in [6.45, 7) is 7.33. The van der Waals surface area contributed by atoms with E-state index >= 15 is 0 Å². The van der Waals surface area contributed by atoms with E-state index in [1.54, 1.807) is 0 Å². The fourth-order valence-corrected chi connectivity index (χ4v) is 3.04. The summed E-state index contributed by atoms with van der Waals surface area (Å²) in [6.07, 6.45) is 6.70. The van der Waals surface area contributed by atoms with Crippen LogP contribution in [0.15, 0.2) is 6.20 Å². The molecule has 17 heavy (non-hydrogen) atoms. The highest BCUT2D eigenvalue weighted by molar-refractivity contribution is 7.80. The fourth-order valence-electron chi connectivity index (χ4n) is 2.47. The molecule has 1 rings (SSSR count). The molecule has 0 fully saturated rings. The van der Waals surface area contributed by atoms with E-state index in [-0.39, 0.29) is 5.41 Å². The van der Waals surface area contributed by atoms with Crippen molar-refractivity contribution >= 4 is 24.2 Å². The second kappa shape index (κ2) is 6.69. The van der Waals surface area contributed by atoms with Crippen molar-refractivity contribution in [1.82, 2.24) is 9.78 Å². The molecule has 0 radical (unpaired) electrons. The molecule has 0 amide bonds. The lowest BCUT2D eigenvalue weighted by Gasteiger charge is -2.31. The van der Waals surface area contributed by atoms with Crippen molar-refractivity contribution in [2.24, 2.45) is 5.41 Å². The Morgan fingerprint density at radius 2 is 1.94 bits per heavy atom. The average molecular weight is 275 g/mol. The van der Waals surface area contributed by atoms with Crippen molar-refractivity contribution in [1.29, 1.82) is 0 Å². The lowest BCUT2D eigenvalue weighted by molar-refractivity contribution is 0.221. The summed E-state index contributed by atoms with van der Waals surface area (Å²) in [5.74, 6) is 0.908. The molecule has 0 aliphatic rings. The average Bonchev–Trinajstić information content (AvgIpc) is 2.58. The smallest absolute Gasteiger partial charge is 0.0814 e. The second-order valence-corrected chi connectivity index (χ2v) is 5.64. The Hall–Kier alpha value is -0.150. The first-order valence-electron chi connectivity index (χ1n) is 6.37. The summed E-state index contributed by atoms with van der Waals surface area (Å²) < 4.78 is 1.99. The molecule has 0 unspecified atom stereocenters. The number of nitrogens with zero attached hydrogens (tertiary/aromatic N) is 2. The molecule has 0 spiro atoms. The Kier molecular flexibility index (Phi) is 5.87. The first-order chi connectivity index (χ1) is 8.06. The predicted molar refractivity (Wildman–Crippen MR) is 78.1 cm³/mol. The highest BCUT2D eigenvalue weighted by Gasteiger charge is 2.28. The third-order valence-corrected chi connectivity index (χ3v) is 4.32. The van der Waals surface area contributed by atoms with Crippen LogP contribution in [0.5, 0.6) is 0 Å². The lowest BCUT2D eigenvalue weighted by Crippen LogP contribution is -2.29. The predicted octanol–water partition coefficient (Wildman–Crippen LogP) is 4.36. The van der Waals surface area contributed by atoms with Crippen LogP contribution in [-0.4, -0.2) is 15.5 Å². The minimum atomic E-state index is 0.258. The Labute approximate surface area is 115 Å². The molecule has 0 aliphatic carbocycles. The van der Waals surface area contributed by atoms with Gasteiger partial charge in [-0.15, -0.1) is 0 Å². The second-order valence-electron chi connectivity index (χ2n) is 4.92. The minimum absolute atomic E-state index is 0.258. The SMILES string of the molecule is CCCC(CS)(CCC)Cn1cc(Cl)c(C)n1. The maximum atomic E-state index is 6.05. The van der Waals surface area contributed by atoms with Gasteiger partial charge < -0.3 is 0 Å². The Balaban J connectivity index is 2.84. The van der Waals surface area contributed by atoms with Crippen molar-refractivity contribution < 1.29 is 0 Å². The van der Waals surface area contributed by atoms with Crippen LogP contribution in [-0.2, 0) is 6.54 Å². The molecule has 1 aromatic rings. The zero-order chi connectivity index (χ0) is 12.9. The molecule has 0 saturated heterocycles. The van der Waals surface area contributed by atoms with E-state index in [1.165, 1.54) is 25.7 Å². The number of aromatic nitrogens is 2. The molecule has 0 bridgehead atoms. The van der Waals surface area contributed by atoms with Crippen LogP contribution in [0.4, 0.5) is 0 Å². The van der Waals surface area contributed by atoms with Gasteiger partial charge in [0.05, 0.1) is 10.7 Å². The van der Waals surface area contributed by atoms with Gasteiger partial charge in [-0.2, -0.15) is 17.7 Å². The molecular weight excluding hydrogens is 252 g/mol. The van der Waals surface area contributed by atoms with Crippen molar-refractivity contribution in [2.75, 3.05) is 5.75 Å². The van der Waals surface area contributed by atoms with Gasteiger partial charge in [-0.3, -0.25) is 4.68 Å². The maximum Gasteiger partial charge on any atom is 0.0814 e. The summed E-state index contributed by atoms with van der Waals surface area (Å²) in [7, 11) is 0. The van der Waals surface area contributed by atoms with E-state index in [2.05, 4.69) is 31.6 Å². The highest BCUT2D eigenvalue weighted by Crippen LogP contribution is 2.33. The van der Waals surface area contributed by atoms with Gasteiger partial charge in [0, 0.05) is 12.7 Å². The van der Waals surface area contributed by atoms with Gasteiger partial charge in [0.2, 0.25) is 0 Å². The number of halogens is 1. The molecule has 2 nitrogen and oxygen atoms in total. The van der Waals surface area contributed by atoms with E-state index in [9.17, 15) is 0 Å². The van der Waals surface area contributed by atoms with Gasteiger partial charge in [-0.25, -0.2) is 0 Å². The van der Waals surface area contributed by atoms with Gasteiger partial charge in [-0.05, 0) is 30.9 Å². The zero-order valence-corrected chi connectivity index (χ0v) is 12.7. The van der Waals surface area contributed by atoms with Crippen molar-refractivity contribution in [3.8, 4) is 0 Å². The molecule has 1 aromatic heterocycles. The van der Waals surface area contributed by atoms with Crippen LogP contribution in [0.25, 0.3) is 0 Å². The Bertz CT molecular complexity index is 324. The zero-order valence-electron chi connectivity index (χ0n) is 11.0. The van der Waals surface area contributed by atoms with Crippen LogP contribution in [0.3, 0.4) is 0 Å². The summed E-state index contributed by atoms with van der Waals surface area (Å²) in [5.41, 5.74) is 1.17.